The number of alkyl halides is 3. The molecule has 0 N–H and O–H groups in total. The van der Waals surface area contributed by atoms with Crippen LogP contribution < -0.4 is 4.74 Å². The van der Waals surface area contributed by atoms with E-state index >= 15 is 0 Å². The van der Waals surface area contributed by atoms with E-state index in [2.05, 4.69) is 0 Å². The van der Waals surface area contributed by atoms with Gasteiger partial charge in [0.05, 0.1) is 5.56 Å². The molecule has 0 heterocycles. The van der Waals surface area contributed by atoms with Crippen molar-refractivity contribution in [3.05, 3.63) is 65.2 Å². The highest BCUT2D eigenvalue weighted by molar-refractivity contribution is 5.31. The van der Waals surface area contributed by atoms with Crippen LogP contribution in [0.3, 0.4) is 0 Å². The van der Waals surface area contributed by atoms with Gasteiger partial charge in [-0.3, -0.25) is 0 Å². The minimum atomic E-state index is -4.34. The monoisotopic (exact) mass is 266 g/mol. The van der Waals surface area contributed by atoms with E-state index in [0.29, 0.717) is 0 Å². The van der Waals surface area contributed by atoms with Crippen molar-refractivity contribution in [1.82, 2.24) is 0 Å². The number of benzene rings is 2. The van der Waals surface area contributed by atoms with Crippen LogP contribution in [-0.4, -0.2) is 0 Å². The Hall–Kier alpha value is -1.97. The second-order valence-corrected chi connectivity index (χ2v) is 4.30. The molecule has 0 unspecified atom stereocenters. The summed E-state index contributed by atoms with van der Waals surface area (Å²) in [5.41, 5.74) is 1.32. The van der Waals surface area contributed by atoms with Gasteiger partial charge in [-0.05, 0) is 30.7 Å². The normalized spacial score (nSPS) is 11.4. The molecule has 0 fully saturated rings. The zero-order valence-corrected chi connectivity index (χ0v) is 10.4. The molecule has 0 aromatic heterocycles. The number of rotatable bonds is 3. The number of hydrogen-bond donors (Lipinski definition) is 0. The van der Waals surface area contributed by atoms with E-state index in [0.717, 1.165) is 23.3 Å². The summed E-state index contributed by atoms with van der Waals surface area (Å²) >= 11 is 0. The van der Waals surface area contributed by atoms with Gasteiger partial charge in [-0.1, -0.05) is 35.9 Å². The van der Waals surface area contributed by atoms with Crippen LogP contribution in [0.4, 0.5) is 13.2 Å². The van der Waals surface area contributed by atoms with Crippen LogP contribution in [-0.2, 0) is 12.8 Å². The van der Waals surface area contributed by atoms with Crippen LogP contribution in [0.25, 0.3) is 0 Å². The molecule has 2 rings (SSSR count). The summed E-state index contributed by atoms with van der Waals surface area (Å²) < 4.78 is 43.0. The van der Waals surface area contributed by atoms with Gasteiger partial charge in [0.25, 0.3) is 0 Å². The molecule has 2 aromatic rings. The Kier molecular flexibility index (Phi) is 3.79. The summed E-state index contributed by atoms with van der Waals surface area (Å²) in [5.74, 6) is 0.219. The van der Waals surface area contributed by atoms with Gasteiger partial charge in [0.1, 0.15) is 12.4 Å². The Morgan fingerprint density at radius 1 is 1.00 bits per heavy atom. The Bertz CT molecular complexity index is 561. The molecular formula is C15H13F3O. The highest BCUT2D eigenvalue weighted by Gasteiger charge is 2.30. The molecule has 0 radical (unpaired) electrons. The molecule has 0 spiro atoms. The number of halogens is 3. The van der Waals surface area contributed by atoms with Gasteiger partial charge in [0.15, 0.2) is 0 Å². The maximum atomic E-state index is 12.5. The molecule has 2 aromatic carbocycles. The van der Waals surface area contributed by atoms with Crippen molar-refractivity contribution in [2.45, 2.75) is 19.7 Å². The Balaban J connectivity index is 2.08. The molecule has 0 amide bonds. The van der Waals surface area contributed by atoms with Crippen molar-refractivity contribution in [3.8, 4) is 5.75 Å². The van der Waals surface area contributed by atoms with Crippen molar-refractivity contribution in [3.63, 3.8) is 0 Å². The summed E-state index contributed by atoms with van der Waals surface area (Å²) in [6.45, 7) is 2.21. The second-order valence-electron chi connectivity index (χ2n) is 4.30. The highest BCUT2D eigenvalue weighted by atomic mass is 19.4. The quantitative estimate of drug-likeness (QED) is 0.789. The second kappa shape index (κ2) is 5.34. The van der Waals surface area contributed by atoms with E-state index in [1.54, 1.807) is 0 Å². The van der Waals surface area contributed by atoms with Gasteiger partial charge in [-0.25, -0.2) is 0 Å². The summed E-state index contributed by atoms with van der Waals surface area (Å²) in [6.07, 6.45) is -4.34. The maximum absolute atomic E-state index is 12.5. The van der Waals surface area contributed by atoms with Crippen LogP contribution in [0.5, 0.6) is 5.75 Å². The highest BCUT2D eigenvalue weighted by Crippen LogP contribution is 2.31. The molecule has 0 aliphatic carbocycles. The first kappa shape index (κ1) is 13.5. The first-order valence-electron chi connectivity index (χ1n) is 5.81. The molecule has 100 valence electrons. The van der Waals surface area contributed by atoms with Crippen molar-refractivity contribution in [2.75, 3.05) is 0 Å². The predicted octanol–water partition coefficient (Wildman–Crippen LogP) is 4.59. The van der Waals surface area contributed by atoms with E-state index in [-0.39, 0.29) is 12.4 Å². The fourth-order valence-corrected chi connectivity index (χ4v) is 1.73. The molecule has 4 heteroatoms. The largest absolute Gasteiger partial charge is 0.489 e. The van der Waals surface area contributed by atoms with Crippen LogP contribution in [0.2, 0.25) is 0 Å². The molecule has 0 aliphatic rings. The fourth-order valence-electron chi connectivity index (χ4n) is 1.73. The molecule has 0 atom stereocenters. The van der Waals surface area contributed by atoms with E-state index < -0.39 is 11.7 Å². The van der Waals surface area contributed by atoms with Gasteiger partial charge in [-0.2, -0.15) is 13.2 Å². The Morgan fingerprint density at radius 2 is 1.74 bits per heavy atom. The molecular weight excluding hydrogens is 253 g/mol. The standard InChI is InChI=1S/C15H13F3O/c1-11-4-2-5-12(8-11)10-19-14-7-3-6-13(9-14)15(16,17)18/h2-9H,10H2,1H3. The first-order valence-corrected chi connectivity index (χ1v) is 5.81. The van der Waals surface area contributed by atoms with Gasteiger partial charge < -0.3 is 4.74 Å². The molecule has 0 bridgehead atoms. The van der Waals surface area contributed by atoms with Crippen LogP contribution in [0, 0.1) is 6.92 Å². The van der Waals surface area contributed by atoms with Crippen LogP contribution in [0.15, 0.2) is 48.5 Å². The number of hydrogen-bond acceptors (Lipinski definition) is 1. The van der Waals surface area contributed by atoms with Crippen molar-refractivity contribution < 1.29 is 17.9 Å². The molecule has 19 heavy (non-hydrogen) atoms. The minimum absolute atomic E-state index is 0.219. The molecule has 0 aliphatic heterocycles. The number of aryl methyl sites for hydroxylation is 1. The summed E-state index contributed by atoms with van der Waals surface area (Å²) in [5, 5.41) is 0. The first-order chi connectivity index (χ1) is 8.95. The average molecular weight is 266 g/mol. The molecule has 0 saturated heterocycles. The number of ether oxygens (including phenoxy) is 1. The smallest absolute Gasteiger partial charge is 0.416 e. The van der Waals surface area contributed by atoms with E-state index in [1.807, 2.05) is 31.2 Å². The lowest BCUT2D eigenvalue weighted by atomic mass is 10.1. The van der Waals surface area contributed by atoms with E-state index in [4.69, 9.17) is 4.74 Å². The Morgan fingerprint density at radius 3 is 2.42 bits per heavy atom. The fraction of sp³-hybridized carbons (Fsp3) is 0.200. The summed E-state index contributed by atoms with van der Waals surface area (Å²) in [4.78, 5) is 0. The third-order valence-electron chi connectivity index (χ3n) is 2.65. The van der Waals surface area contributed by atoms with Crippen LogP contribution in [0.1, 0.15) is 16.7 Å². The average Bonchev–Trinajstić information content (AvgIpc) is 2.36. The van der Waals surface area contributed by atoms with Gasteiger partial charge in [-0.15, -0.1) is 0 Å². The van der Waals surface area contributed by atoms with E-state index in [9.17, 15) is 13.2 Å². The lowest BCUT2D eigenvalue weighted by molar-refractivity contribution is -0.137. The topological polar surface area (TPSA) is 9.23 Å². The lowest BCUT2D eigenvalue weighted by Crippen LogP contribution is -2.05. The third-order valence-corrected chi connectivity index (χ3v) is 2.65. The van der Waals surface area contributed by atoms with Gasteiger partial charge in [0, 0.05) is 0 Å². The van der Waals surface area contributed by atoms with Gasteiger partial charge >= 0.3 is 6.18 Å². The van der Waals surface area contributed by atoms with Crippen molar-refractivity contribution in [1.29, 1.82) is 0 Å². The predicted molar refractivity (Wildman–Crippen MR) is 67.0 cm³/mol. The van der Waals surface area contributed by atoms with Crippen molar-refractivity contribution >= 4 is 0 Å². The van der Waals surface area contributed by atoms with E-state index in [1.165, 1.54) is 12.1 Å². The Labute approximate surface area is 109 Å². The summed E-state index contributed by atoms with van der Waals surface area (Å²) in [7, 11) is 0. The van der Waals surface area contributed by atoms with Crippen LogP contribution >= 0.6 is 0 Å². The molecule has 1 nitrogen and oxygen atoms in total. The van der Waals surface area contributed by atoms with Gasteiger partial charge in [0.2, 0.25) is 0 Å². The summed E-state index contributed by atoms with van der Waals surface area (Å²) in [6, 6.07) is 12.6. The minimum Gasteiger partial charge on any atom is -0.489 e. The SMILES string of the molecule is Cc1cccc(COc2cccc(C(F)(F)F)c2)c1. The zero-order valence-electron chi connectivity index (χ0n) is 10.4. The maximum Gasteiger partial charge on any atom is 0.416 e. The third kappa shape index (κ3) is 3.74. The zero-order chi connectivity index (χ0) is 13.9. The van der Waals surface area contributed by atoms with Crippen molar-refractivity contribution in [2.24, 2.45) is 0 Å². The lowest BCUT2D eigenvalue weighted by Gasteiger charge is -2.10. The molecule has 0 saturated carbocycles.